The highest BCUT2D eigenvalue weighted by Crippen LogP contribution is 2.25. The van der Waals surface area contributed by atoms with E-state index in [4.69, 9.17) is 9.47 Å². The molecule has 0 spiro atoms. The van der Waals surface area contributed by atoms with Crippen LogP contribution in [0.25, 0.3) is 0 Å². The molecule has 2 heterocycles. The molecule has 2 rings (SSSR count). The van der Waals surface area contributed by atoms with Crippen LogP contribution in [0.3, 0.4) is 0 Å². The van der Waals surface area contributed by atoms with Crippen molar-refractivity contribution in [3.8, 4) is 0 Å². The summed E-state index contributed by atoms with van der Waals surface area (Å²) in [6, 6.07) is 0.373. The smallest absolute Gasteiger partial charge is 0.109 e. The van der Waals surface area contributed by atoms with Crippen LogP contribution in [-0.2, 0) is 9.47 Å². The lowest BCUT2D eigenvalue weighted by Gasteiger charge is -2.31. The fourth-order valence-corrected chi connectivity index (χ4v) is 2.40. The van der Waals surface area contributed by atoms with Crippen molar-refractivity contribution in [2.75, 3.05) is 26.4 Å². The maximum Gasteiger partial charge on any atom is 0.109 e. The fourth-order valence-electron chi connectivity index (χ4n) is 2.40. The van der Waals surface area contributed by atoms with Crippen molar-refractivity contribution >= 4 is 0 Å². The molecule has 0 aromatic heterocycles. The predicted octanol–water partition coefficient (Wildman–Crippen LogP) is 1.70. The molecule has 0 aromatic rings. The summed E-state index contributed by atoms with van der Waals surface area (Å²) < 4.78 is 11.2. The zero-order valence-corrected chi connectivity index (χ0v) is 9.50. The third kappa shape index (κ3) is 2.73. The van der Waals surface area contributed by atoms with Gasteiger partial charge in [0.25, 0.3) is 0 Å². The Labute approximate surface area is 91.8 Å². The topological polar surface area (TPSA) is 30.5 Å². The third-order valence-corrected chi connectivity index (χ3v) is 3.13. The average Bonchev–Trinajstić information content (AvgIpc) is 2.80. The highest BCUT2D eigenvalue weighted by atomic mass is 16.5. The quantitative estimate of drug-likeness (QED) is 0.767. The Hall–Kier alpha value is -0.540. The van der Waals surface area contributed by atoms with Crippen LogP contribution in [0, 0.1) is 5.92 Å². The molecule has 1 saturated heterocycles. The van der Waals surface area contributed by atoms with E-state index in [-0.39, 0.29) is 0 Å². The van der Waals surface area contributed by atoms with Gasteiger partial charge in [0, 0.05) is 18.9 Å². The summed E-state index contributed by atoms with van der Waals surface area (Å²) in [4.78, 5) is 0. The number of rotatable bonds is 4. The van der Waals surface area contributed by atoms with Crippen molar-refractivity contribution < 1.29 is 9.47 Å². The molecule has 86 valence electrons. The SMILES string of the molecule is CCNC(C1=CCCO1)C1CCCOC1. The first-order valence-corrected chi connectivity index (χ1v) is 6.05. The molecular formula is C12H21NO2. The normalized spacial score (nSPS) is 28.3. The minimum absolute atomic E-state index is 0.373. The minimum atomic E-state index is 0.373. The van der Waals surface area contributed by atoms with Crippen LogP contribution in [0.1, 0.15) is 26.2 Å². The first kappa shape index (κ1) is 11.0. The predicted molar refractivity (Wildman–Crippen MR) is 59.7 cm³/mol. The molecule has 0 amide bonds. The van der Waals surface area contributed by atoms with Gasteiger partial charge in [-0.1, -0.05) is 6.92 Å². The number of hydrogen-bond acceptors (Lipinski definition) is 3. The van der Waals surface area contributed by atoms with E-state index >= 15 is 0 Å². The van der Waals surface area contributed by atoms with E-state index in [1.54, 1.807) is 0 Å². The molecule has 2 atom stereocenters. The van der Waals surface area contributed by atoms with E-state index in [1.807, 2.05) is 0 Å². The zero-order valence-electron chi connectivity index (χ0n) is 9.50. The molecule has 15 heavy (non-hydrogen) atoms. The van der Waals surface area contributed by atoms with E-state index in [1.165, 1.54) is 12.8 Å². The van der Waals surface area contributed by atoms with Gasteiger partial charge in [0.15, 0.2) is 0 Å². The molecule has 0 bridgehead atoms. The molecule has 0 aliphatic carbocycles. The van der Waals surface area contributed by atoms with Gasteiger partial charge in [0.05, 0.1) is 19.3 Å². The largest absolute Gasteiger partial charge is 0.496 e. The molecule has 2 aliphatic rings. The van der Waals surface area contributed by atoms with Gasteiger partial charge in [-0.3, -0.25) is 0 Å². The standard InChI is InChI=1S/C12H21NO2/c1-2-13-12(11-6-4-8-15-11)10-5-3-7-14-9-10/h6,10,12-13H,2-5,7-9H2,1H3. The molecule has 2 aliphatic heterocycles. The minimum Gasteiger partial charge on any atom is -0.496 e. The van der Waals surface area contributed by atoms with Crippen LogP contribution < -0.4 is 5.32 Å². The van der Waals surface area contributed by atoms with E-state index in [0.29, 0.717) is 12.0 Å². The van der Waals surface area contributed by atoms with Crippen molar-refractivity contribution in [3.63, 3.8) is 0 Å². The summed E-state index contributed by atoms with van der Waals surface area (Å²) in [6.45, 7) is 5.78. The molecule has 1 fully saturated rings. The van der Waals surface area contributed by atoms with Crippen molar-refractivity contribution in [3.05, 3.63) is 11.8 Å². The van der Waals surface area contributed by atoms with Crippen LogP contribution in [-0.4, -0.2) is 32.4 Å². The third-order valence-electron chi connectivity index (χ3n) is 3.13. The Morgan fingerprint density at radius 3 is 3.07 bits per heavy atom. The number of nitrogens with one attached hydrogen (secondary N) is 1. The van der Waals surface area contributed by atoms with Crippen molar-refractivity contribution in [1.82, 2.24) is 5.32 Å². The first-order valence-electron chi connectivity index (χ1n) is 6.05. The zero-order chi connectivity index (χ0) is 10.5. The van der Waals surface area contributed by atoms with Gasteiger partial charge in [-0.2, -0.15) is 0 Å². The highest BCUT2D eigenvalue weighted by Gasteiger charge is 2.28. The van der Waals surface area contributed by atoms with Crippen molar-refractivity contribution in [2.24, 2.45) is 5.92 Å². The van der Waals surface area contributed by atoms with E-state index in [9.17, 15) is 0 Å². The Morgan fingerprint density at radius 1 is 1.53 bits per heavy atom. The maximum absolute atomic E-state index is 5.66. The molecule has 0 radical (unpaired) electrons. The molecule has 2 unspecified atom stereocenters. The number of ether oxygens (including phenoxy) is 2. The summed E-state index contributed by atoms with van der Waals surface area (Å²) >= 11 is 0. The first-order chi connectivity index (χ1) is 7.42. The van der Waals surface area contributed by atoms with Crippen molar-refractivity contribution in [1.29, 1.82) is 0 Å². The van der Waals surface area contributed by atoms with Gasteiger partial charge in [-0.05, 0) is 25.5 Å². The maximum atomic E-state index is 5.66. The van der Waals surface area contributed by atoms with Gasteiger partial charge in [0.2, 0.25) is 0 Å². The lowest BCUT2D eigenvalue weighted by molar-refractivity contribution is 0.0356. The molecule has 3 heteroatoms. The van der Waals surface area contributed by atoms with Gasteiger partial charge in [-0.25, -0.2) is 0 Å². The van der Waals surface area contributed by atoms with Crippen LogP contribution in [0.5, 0.6) is 0 Å². The second kappa shape index (κ2) is 5.52. The van der Waals surface area contributed by atoms with Crippen LogP contribution >= 0.6 is 0 Å². The van der Waals surface area contributed by atoms with Gasteiger partial charge < -0.3 is 14.8 Å². The monoisotopic (exact) mass is 211 g/mol. The van der Waals surface area contributed by atoms with Gasteiger partial charge in [-0.15, -0.1) is 0 Å². The lowest BCUT2D eigenvalue weighted by Crippen LogP contribution is -2.41. The van der Waals surface area contributed by atoms with Crippen molar-refractivity contribution in [2.45, 2.75) is 32.2 Å². The molecule has 1 N–H and O–H groups in total. The molecule has 0 saturated carbocycles. The van der Waals surface area contributed by atoms with Crippen LogP contribution in [0.2, 0.25) is 0 Å². The van der Waals surface area contributed by atoms with E-state index in [2.05, 4.69) is 18.3 Å². The number of hydrogen-bond donors (Lipinski definition) is 1. The van der Waals surface area contributed by atoms with E-state index in [0.717, 1.165) is 38.5 Å². The second-order valence-corrected chi connectivity index (χ2v) is 4.26. The van der Waals surface area contributed by atoms with Crippen LogP contribution in [0.15, 0.2) is 11.8 Å². The van der Waals surface area contributed by atoms with Gasteiger partial charge >= 0.3 is 0 Å². The average molecular weight is 211 g/mol. The Morgan fingerprint density at radius 2 is 2.47 bits per heavy atom. The summed E-state index contributed by atoms with van der Waals surface area (Å²) in [5.74, 6) is 1.73. The van der Waals surface area contributed by atoms with Crippen LogP contribution in [0.4, 0.5) is 0 Å². The molecule has 3 nitrogen and oxygen atoms in total. The fraction of sp³-hybridized carbons (Fsp3) is 0.833. The Balaban J connectivity index is 1.97. The Bertz CT molecular complexity index is 222. The molecule has 0 aromatic carbocycles. The van der Waals surface area contributed by atoms with Gasteiger partial charge in [0.1, 0.15) is 5.76 Å². The summed E-state index contributed by atoms with van der Waals surface area (Å²) in [5, 5.41) is 3.52. The summed E-state index contributed by atoms with van der Waals surface area (Å²) in [6.07, 6.45) is 5.71. The summed E-state index contributed by atoms with van der Waals surface area (Å²) in [7, 11) is 0. The van der Waals surface area contributed by atoms with E-state index < -0.39 is 0 Å². The molecular weight excluding hydrogens is 190 g/mol. The number of likely N-dealkylation sites (N-methyl/N-ethyl adjacent to an activating group) is 1. The summed E-state index contributed by atoms with van der Waals surface area (Å²) in [5.41, 5.74) is 0. The Kier molecular flexibility index (Phi) is 4.03. The second-order valence-electron chi connectivity index (χ2n) is 4.26. The highest BCUT2D eigenvalue weighted by molar-refractivity contribution is 5.09. The lowest BCUT2D eigenvalue weighted by atomic mass is 9.92.